The maximum atomic E-state index is 11.9. The van der Waals surface area contributed by atoms with Crippen LogP contribution in [-0.4, -0.2) is 42.1 Å². The highest BCUT2D eigenvalue weighted by Gasteiger charge is 2.29. The van der Waals surface area contributed by atoms with Gasteiger partial charge in [0.1, 0.15) is 23.5 Å². The van der Waals surface area contributed by atoms with Crippen LogP contribution >= 0.6 is 0 Å². The molecule has 6 nitrogen and oxygen atoms in total. The van der Waals surface area contributed by atoms with Crippen LogP contribution in [0.25, 0.3) is 0 Å². The predicted octanol–water partition coefficient (Wildman–Crippen LogP) is 1.27. The first-order valence-electron chi connectivity index (χ1n) is 7.06. The van der Waals surface area contributed by atoms with E-state index < -0.39 is 0 Å². The van der Waals surface area contributed by atoms with Crippen molar-refractivity contribution in [3.63, 3.8) is 0 Å². The van der Waals surface area contributed by atoms with Gasteiger partial charge in [0.15, 0.2) is 0 Å². The molecular weight excluding hydrogens is 254 g/mol. The monoisotopic (exact) mass is 277 g/mol. The fourth-order valence-electron chi connectivity index (χ4n) is 2.37. The third-order valence-corrected chi connectivity index (χ3v) is 3.66. The zero-order valence-electron chi connectivity index (χ0n) is 12.8. The van der Waals surface area contributed by atoms with Crippen LogP contribution in [-0.2, 0) is 4.79 Å². The number of hydrogen-bond donors (Lipinski definition) is 2. The Labute approximate surface area is 120 Å². The maximum absolute atomic E-state index is 11.9. The van der Waals surface area contributed by atoms with Gasteiger partial charge in [-0.2, -0.15) is 0 Å². The molecule has 2 N–H and O–H groups in total. The Hall–Kier alpha value is -1.85. The van der Waals surface area contributed by atoms with E-state index in [2.05, 4.69) is 39.3 Å². The second-order valence-electron chi connectivity index (χ2n) is 5.44. The normalized spacial score (nSPS) is 19.2. The van der Waals surface area contributed by atoms with E-state index in [4.69, 9.17) is 0 Å². The van der Waals surface area contributed by atoms with Gasteiger partial charge in [0.25, 0.3) is 0 Å². The summed E-state index contributed by atoms with van der Waals surface area (Å²) in [5.41, 5.74) is 0.985. The first kappa shape index (κ1) is 14.6. The van der Waals surface area contributed by atoms with Gasteiger partial charge in [0.2, 0.25) is 5.91 Å². The summed E-state index contributed by atoms with van der Waals surface area (Å²) in [5.74, 6) is 2.78. The van der Waals surface area contributed by atoms with Crippen molar-refractivity contribution in [2.24, 2.45) is 0 Å². The molecule has 0 spiro atoms. The minimum atomic E-state index is -0.206. The van der Waals surface area contributed by atoms with Crippen molar-refractivity contribution in [3.8, 4) is 0 Å². The molecule has 20 heavy (non-hydrogen) atoms. The molecule has 1 atom stereocenters. The summed E-state index contributed by atoms with van der Waals surface area (Å²) in [5, 5.41) is 6.00. The molecule has 2 rings (SSSR count). The first-order chi connectivity index (χ1) is 9.45. The Bertz CT molecular complexity index is 515. The van der Waals surface area contributed by atoms with E-state index in [0.717, 1.165) is 29.6 Å². The number of anilines is 2. The summed E-state index contributed by atoms with van der Waals surface area (Å²) >= 11 is 0. The molecule has 0 radical (unpaired) electrons. The molecule has 1 aromatic rings. The largest absolute Gasteiger partial charge is 0.373 e. The zero-order chi connectivity index (χ0) is 14.9. The zero-order valence-corrected chi connectivity index (χ0v) is 12.8. The van der Waals surface area contributed by atoms with Crippen LogP contribution in [0.5, 0.6) is 0 Å². The van der Waals surface area contributed by atoms with Crippen molar-refractivity contribution < 1.29 is 4.79 Å². The number of rotatable bonds is 3. The average Bonchev–Trinajstić information content (AvgIpc) is 2.42. The second-order valence-corrected chi connectivity index (χ2v) is 5.44. The second kappa shape index (κ2) is 5.64. The van der Waals surface area contributed by atoms with Crippen LogP contribution in [0.1, 0.15) is 38.1 Å². The van der Waals surface area contributed by atoms with Crippen molar-refractivity contribution >= 4 is 17.5 Å². The van der Waals surface area contributed by atoms with Crippen molar-refractivity contribution in [1.29, 1.82) is 0 Å². The quantitative estimate of drug-likeness (QED) is 0.871. The number of aromatic nitrogens is 2. The molecule has 1 aromatic heterocycles. The van der Waals surface area contributed by atoms with Crippen LogP contribution in [0, 0.1) is 6.92 Å². The van der Waals surface area contributed by atoms with Gasteiger partial charge < -0.3 is 15.5 Å². The lowest BCUT2D eigenvalue weighted by Crippen LogP contribution is -2.54. The van der Waals surface area contributed by atoms with Crippen LogP contribution < -0.4 is 15.5 Å². The lowest BCUT2D eigenvalue weighted by Gasteiger charge is -2.35. The van der Waals surface area contributed by atoms with Crippen LogP contribution in [0.4, 0.5) is 11.6 Å². The molecule has 1 fully saturated rings. The van der Waals surface area contributed by atoms with Gasteiger partial charge in [-0.15, -0.1) is 0 Å². The number of piperazine rings is 1. The number of carbonyl (C=O) groups is 1. The summed E-state index contributed by atoms with van der Waals surface area (Å²) in [4.78, 5) is 23.1. The smallest absolute Gasteiger partial charge is 0.242 e. The third-order valence-electron chi connectivity index (χ3n) is 3.66. The lowest BCUT2D eigenvalue weighted by atomic mass is 10.1. The van der Waals surface area contributed by atoms with Crippen molar-refractivity contribution in [1.82, 2.24) is 15.3 Å². The van der Waals surface area contributed by atoms with Gasteiger partial charge in [-0.3, -0.25) is 4.79 Å². The van der Waals surface area contributed by atoms with Gasteiger partial charge in [-0.05, 0) is 13.8 Å². The lowest BCUT2D eigenvalue weighted by molar-refractivity contribution is -0.122. The molecule has 0 saturated carbocycles. The molecule has 1 saturated heterocycles. The highest BCUT2D eigenvalue weighted by atomic mass is 16.2. The van der Waals surface area contributed by atoms with Gasteiger partial charge in [-0.1, -0.05) is 13.8 Å². The van der Waals surface area contributed by atoms with Crippen molar-refractivity contribution in [3.05, 3.63) is 11.4 Å². The van der Waals surface area contributed by atoms with E-state index in [-0.39, 0.29) is 17.9 Å². The first-order valence-corrected chi connectivity index (χ1v) is 7.06. The van der Waals surface area contributed by atoms with Gasteiger partial charge in [-0.25, -0.2) is 9.97 Å². The minimum absolute atomic E-state index is 0.0476. The maximum Gasteiger partial charge on any atom is 0.242 e. The SMILES string of the molecule is CNc1nc(C(C)C)nc(N2CCNC(=O)C2C)c1C. The number of nitrogens with zero attached hydrogens (tertiary/aromatic N) is 3. The number of amides is 1. The van der Waals surface area contributed by atoms with E-state index in [9.17, 15) is 4.79 Å². The molecular formula is C14H23N5O. The van der Waals surface area contributed by atoms with Gasteiger partial charge in [0.05, 0.1) is 0 Å². The highest BCUT2D eigenvalue weighted by Crippen LogP contribution is 2.27. The highest BCUT2D eigenvalue weighted by molar-refractivity contribution is 5.86. The van der Waals surface area contributed by atoms with E-state index in [0.29, 0.717) is 6.54 Å². The van der Waals surface area contributed by atoms with E-state index >= 15 is 0 Å². The number of nitrogens with one attached hydrogen (secondary N) is 2. The number of hydrogen-bond acceptors (Lipinski definition) is 5. The third kappa shape index (κ3) is 2.55. The topological polar surface area (TPSA) is 70.2 Å². The molecule has 0 bridgehead atoms. The molecule has 1 amide bonds. The number of carbonyl (C=O) groups excluding carboxylic acids is 1. The molecule has 6 heteroatoms. The van der Waals surface area contributed by atoms with E-state index in [1.807, 2.05) is 20.9 Å². The van der Waals surface area contributed by atoms with Crippen LogP contribution in [0.3, 0.4) is 0 Å². The standard InChI is InChI=1S/C14H23N5O/c1-8(2)11-17-12(15-5)9(3)13(18-11)19-7-6-16-14(20)10(19)4/h8,10H,6-7H2,1-5H3,(H,16,20)(H,15,17,18). The molecule has 0 aromatic carbocycles. The average molecular weight is 277 g/mol. The summed E-state index contributed by atoms with van der Waals surface area (Å²) in [6, 6.07) is -0.206. The molecule has 0 aliphatic carbocycles. The Morgan fingerprint density at radius 1 is 1.40 bits per heavy atom. The predicted molar refractivity (Wildman–Crippen MR) is 80.2 cm³/mol. The fourth-order valence-corrected chi connectivity index (χ4v) is 2.37. The summed E-state index contributed by atoms with van der Waals surface area (Å²) in [6.07, 6.45) is 0. The summed E-state index contributed by atoms with van der Waals surface area (Å²) in [7, 11) is 1.86. The van der Waals surface area contributed by atoms with Crippen molar-refractivity contribution in [2.75, 3.05) is 30.4 Å². The van der Waals surface area contributed by atoms with E-state index in [1.165, 1.54) is 0 Å². The summed E-state index contributed by atoms with van der Waals surface area (Å²) < 4.78 is 0. The molecule has 2 heterocycles. The Morgan fingerprint density at radius 2 is 2.10 bits per heavy atom. The molecule has 1 unspecified atom stereocenters. The van der Waals surface area contributed by atoms with Gasteiger partial charge in [0, 0.05) is 31.6 Å². The summed E-state index contributed by atoms with van der Waals surface area (Å²) in [6.45, 7) is 9.46. The fraction of sp³-hybridized carbons (Fsp3) is 0.643. The van der Waals surface area contributed by atoms with Crippen molar-refractivity contribution in [2.45, 2.75) is 39.7 Å². The van der Waals surface area contributed by atoms with Gasteiger partial charge >= 0.3 is 0 Å². The minimum Gasteiger partial charge on any atom is -0.373 e. The molecule has 1 aliphatic heterocycles. The molecule has 110 valence electrons. The Kier molecular flexibility index (Phi) is 4.11. The van der Waals surface area contributed by atoms with E-state index in [1.54, 1.807) is 0 Å². The molecule has 1 aliphatic rings. The Morgan fingerprint density at radius 3 is 2.70 bits per heavy atom. The Balaban J connectivity index is 2.48. The van der Waals surface area contributed by atoms with Crippen LogP contribution in [0.15, 0.2) is 0 Å². The van der Waals surface area contributed by atoms with Crippen LogP contribution in [0.2, 0.25) is 0 Å².